The van der Waals surface area contributed by atoms with Gasteiger partial charge in [0.15, 0.2) is 5.65 Å². The molecule has 32 heavy (non-hydrogen) atoms. The average Bonchev–Trinajstić information content (AvgIpc) is 3.24. The number of nitroso groups, excluding NO2 is 1. The minimum Gasteiger partial charge on any atom is -0.491 e. The van der Waals surface area contributed by atoms with E-state index in [-0.39, 0.29) is 6.61 Å². The number of rotatable bonds is 12. The standard InChI is InChI=1S/C23H32N6O3/c1-16(2)20-14-25-29-22(28(4)9-10-31-5)12-21(26-23(20)29)17-7-6-8-19(11-17)32-15-18(27-30)13-24-3/h6-8,11-12,14,16,18,24H,9-10,13,15H2,1-5H3/t18-/m0/s1. The fourth-order valence-electron chi connectivity index (χ4n) is 3.43. The Balaban J connectivity index is 1.99. The number of aromatic nitrogens is 3. The third-order valence-corrected chi connectivity index (χ3v) is 5.29. The smallest absolute Gasteiger partial charge is 0.161 e. The van der Waals surface area contributed by atoms with Gasteiger partial charge in [-0.15, -0.1) is 0 Å². The molecule has 9 nitrogen and oxygen atoms in total. The second kappa shape index (κ2) is 11.0. The summed E-state index contributed by atoms with van der Waals surface area (Å²) >= 11 is 0. The average molecular weight is 441 g/mol. The zero-order valence-corrected chi connectivity index (χ0v) is 19.4. The first kappa shape index (κ1) is 23.6. The van der Waals surface area contributed by atoms with Gasteiger partial charge in [-0.3, -0.25) is 0 Å². The number of nitrogens with zero attached hydrogens (tertiary/aromatic N) is 5. The molecule has 0 fully saturated rings. The molecule has 3 rings (SSSR count). The first-order valence-electron chi connectivity index (χ1n) is 10.8. The quantitative estimate of drug-likeness (QED) is 0.432. The maximum absolute atomic E-state index is 11.0. The Morgan fingerprint density at radius 3 is 2.78 bits per heavy atom. The molecule has 2 aromatic heterocycles. The predicted octanol–water partition coefficient (Wildman–Crippen LogP) is 3.34. The summed E-state index contributed by atoms with van der Waals surface area (Å²) in [6, 6.07) is 9.30. The van der Waals surface area contributed by atoms with Crippen LogP contribution in [0.25, 0.3) is 16.9 Å². The van der Waals surface area contributed by atoms with Gasteiger partial charge in [-0.1, -0.05) is 31.2 Å². The fraction of sp³-hybridized carbons (Fsp3) is 0.478. The Hall–Kier alpha value is -3.04. The normalized spacial score (nSPS) is 12.3. The molecule has 0 aliphatic carbocycles. The Labute approximate surface area is 188 Å². The highest BCUT2D eigenvalue weighted by Crippen LogP contribution is 2.29. The third kappa shape index (κ3) is 5.41. The summed E-state index contributed by atoms with van der Waals surface area (Å²) in [4.78, 5) is 18.0. The van der Waals surface area contributed by atoms with Crippen LogP contribution in [0.5, 0.6) is 5.75 Å². The molecule has 0 saturated heterocycles. The molecule has 172 valence electrons. The molecule has 0 aliphatic heterocycles. The molecule has 0 aliphatic rings. The highest BCUT2D eigenvalue weighted by atomic mass is 16.5. The summed E-state index contributed by atoms with van der Waals surface area (Å²) in [5.74, 6) is 1.89. The lowest BCUT2D eigenvalue weighted by molar-refractivity contribution is 0.206. The number of fused-ring (bicyclic) bond motifs is 1. The van der Waals surface area contributed by atoms with Gasteiger partial charge in [-0.25, -0.2) is 4.98 Å². The van der Waals surface area contributed by atoms with Crippen molar-refractivity contribution in [2.75, 3.05) is 52.4 Å². The van der Waals surface area contributed by atoms with Crippen molar-refractivity contribution in [2.45, 2.75) is 25.8 Å². The summed E-state index contributed by atoms with van der Waals surface area (Å²) < 4.78 is 13.0. The third-order valence-electron chi connectivity index (χ3n) is 5.29. The zero-order valence-electron chi connectivity index (χ0n) is 19.4. The van der Waals surface area contributed by atoms with E-state index in [0.29, 0.717) is 24.8 Å². The molecule has 0 saturated carbocycles. The number of benzene rings is 1. The van der Waals surface area contributed by atoms with Crippen molar-refractivity contribution in [3.63, 3.8) is 0 Å². The van der Waals surface area contributed by atoms with Crippen molar-refractivity contribution < 1.29 is 9.47 Å². The van der Waals surface area contributed by atoms with E-state index >= 15 is 0 Å². The summed E-state index contributed by atoms with van der Waals surface area (Å²) in [7, 11) is 5.49. The highest BCUT2D eigenvalue weighted by molar-refractivity contribution is 5.69. The van der Waals surface area contributed by atoms with Crippen LogP contribution in [0.2, 0.25) is 0 Å². The van der Waals surface area contributed by atoms with E-state index in [1.165, 1.54) is 0 Å². The van der Waals surface area contributed by atoms with Crippen LogP contribution in [-0.4, -0.2) is 68.1 Å². The topological polar surface area (TPSA) is 93.3 Å². The molecule has 1 atom stereocenters. The highest BCUT2D eigenvalue weighted by Gasteiger charge is 2.17. The van der Waals surface area contributed by atoms with Gasteiger partial charge in [0.1, 0.15) is 24.2 Å². The van der Waals surface area contributed by atoms with Crippen molar-refractivity contribution in [3.8, 4) is 17.0 Å². The van der Waals surface area contributed by atoms with Gasteiger partial charge in [0.2, 0.25) is 0 Å². The molecule has 1 N–H and O–H groups in total. The van der Waals surface area contributed by atoms with E-state index in [9.17, 15) is 4.91 Å². The maximum Gasteiger partial charge on any atom is 0.161 e. The van der Waals surface area contributed by atoms with Crippen LogP contribution >= 0.6 is 0 Å². The minimum atomic E-state index is -0.445. The molecule has 2 heterocycles. The van der Waals surface area contributed by atoms with Crippen molar-refractivity contribution >= 4 is 11.5 Å². The van der Waals surface area contributed by atoms with Crippen LogP contribution < -0.4 is 15.0 Å². The SMILES string of the molecule is CNC[C@@H](COc1cccc(-c2cc(N(C)CCOC)n3ncc(C(C)C)c3n2)c1)N=O. The Morgan fingerprint density at radius 1 is 1.28 bits per heavy atom. The predicted molar refractivity (Wildman–Crippen MR) is 127 cm³/mol. The van der Waals surface area contributed by atoms with Crippen LogP contribution in [0.3, 0.4) is 0 Å². The van der Waals surface area contributed by atoms with Crippen molar-refractivity contribution in [3.05, 3.63) is 47.0 Å². The van der Waals surface area contributed by atoms with Crippen molar-refractivity contribution in [1.29, 1.82) is 0 Å². The van der Waals surface area contributed by atoms with Gasteiger partial charge >= 0.3 is 0 Å². The van der Waals surface area contributed by atoms with E-state index in [1.807, 2.05) is 48.1 Å². The Bertz CT molecular complexity index is 1040. The van der Waals surface area contributed by atoms with Crippen LogP contribution in [0.1, 0.15) is 25.3 Å². The largest absolute Gasteiger partial charge is 0.491 e. The number of methoxy groups -OCH3 is 1. The second-order valence-electron chi connectivity index (χ2n) is 8.06. The molecule has 0 unspecified atom stereocenters. The molecule has 0 radical (unpaired) electrons. The van der Waals surface area contributed by atoms with Gasteiger partial charge in [0, 0.05) is 44.4 Å². The monoisotopic (exact) mass is 440 g/mol. The lowest BCUT2D eigenvalue weighted by Crippen LogP contribution is -2.27. The van der Waals surface area contributed by atoms with Crippen molar-refractivity contribution in [1.82, 2.24) is 19.9 Å². The fourth-order valence-corrected chi connectivity index (χ4v) is 3.43. The van der Waals surface area contributed by atoms with Gasteiger partial charge in [-0.05, 0) is 25.1 Å². The minimum absolute atomic E-state index is 0.214. The second-order valence-corrected chi connectivity index (χ2v) is 8.06. The maximum atomic E-state index is 11.0. The number of anilines is 1. The van der Waals surface area contributed by atoms with Gasteiger partial charge in [0.05, 0.1) is 18.5 Å². The van der Waals surface area contributed by atoms with E-state index in [0.717, 1.165) is 34.8 Å². The van der Waals surface area contributed by atoms with Crippen LogP contribution in [0.15, 0.2) is 41.7 Å². The van der Waals surface area contributed by atoms with Crippen molar-refractivity contribution in [2.24, 2.45) is 5.18 Å². The van der Waals surface area contributed by atoms with E-state index in [4.69, 9.17) is 14.5 Å². The zero-order chi connectivity index (χ0) is 23.1. The molecular formula is C23H32N6O3. The van der Waals surface area contributed by atoms with E-state index in [1.54, 1.807) is 14.2 Å². The lowest BCUT2D eigenvalue weighted by atomic mass is 10.1. The van der Waals surface area contributed by atoms with E-state index in [2.05, 4.69) is 34.3 Å². The number of likely N-dealkylation sites (N-methyl/N-ethyl adjacent to an activating group) is 2. The van der Waals surface area contributed by atoms with Crippen LogP contribution in [0.4, 0.5) is 5.82 Å². The van der Waals surface area contributed by atoms with Gasteiger partial charge < -0.3 is 19.7 Å². The van der Waals surface area contributed by atoms with Gasteiger partial charge in [0.25, 0.3) is 0 Å². The summed E-state index contributed by atoms with van der Waals surface area (Å²) in [5.41, 5.74) is 3.67. The first-order valence-corrected chi connectivity index (χ1v) is 10.8. The molecule has 1 aromatic carbocycles. The molecule has 0 bridgehead atoms. The molecular weight excluding hydrogens is 408 g/mol. The van der Waals surface area contributed by atoms with E-state index < -0.39 is 6.04 Å². The first-order chi connectivity index (χ1) is 15.5. The van der Waals surface area contributed by atoms with Crippen LogP contribution in [0, 0.1) is 4.91 Å². The number of ether oxygens (including phenoxy) is 2. The summed E-state index contributed by atoms with van der Waals surface area (Å²) in [6.07, 6.45) is 1.89. The summed E-state index contributed by atoms with van der Waals surface area (Å²) in [6.45, 7) is 6.28. The molecule has 0 amide bonds. The molecule has 0 spiro atoms. The molecule has 3 aromatic rings. The number of hydrogen-bond donors (Lipinski definition) is 1. The number of hydrogen-bond acceptors (Lipinski definition) is 8. The lowest BCUT2D eigenvalue weighted by Gasteiger charge is -2.21. The Morgan fingerprint density at radius 2 is 2.09 bits per heavy atom. The molecule has 9 heteroatoms. The summed E-state index contributed by atoms with van der Waals surface area (Å²) in [5, 5.41) is 10.7. The van der Waals surface area contributed by atoms with Crippen LogP contribution in [-0.2, 0) is 4.74 Å². The Kier molecular flexibility index (Phi) is 8.13. The number of nitrogens with one attached hydrogen (secondary N) is 1. The van der Waals surface area contributed by atoms with Gasteiger partial charge in [-0.2, -0.15) is 14.5 Å².